The minimum Gasteiger partial charge on any atom is -0.493 e. The highest BCUT2D eigenvalue weighted by Gasteiger charge is 2.30. The van der Waals surface area contributed by atoms with E-state index >= 15 is 0 Å². The number of carboxylic acids is 1. The maximum Gasteiger partial charge on any atom is 0.344 e. The second-order valence-electron chi connectivity index (χ2n) is 7.63. The highest BCUT2D eigenvalue weighted by atomic mass is 32.2. The Morgan fingerprint density at radius 1 is 1.16 bits per heavy atom. The lowest BCUT2D eigenvalue weighted by Gasteiger charge is -2.14. The molecule has 0 radical (unpaired) electrons. The van der Waals surface area contributed by atoms with Gasteiger partial charge in [0.2, 0.25) is 0 Å². The van der Waals surface area contributed by atoms with Crippen molar-refractivity contribution in [2.45, 2.75) is 33.8 Å². The van der Waals surface area contributed by atoms with Crippen LogP contribution in [-0.2, 0) is 9.59 Å². The van der Waals surface area contributed by atoms with Crippen LogP contribution in [0.15, 0.2) is 40.2 Å². The number of thioether (sulfide) groups is 1. The first-order chi connectivity index (χ1) is 15.1. The van der Waals surface area contributed by atoms with E-state index < -0.39 is 12.1 Å². The van der Waals surface area contributed by atoms with E-state index in [1.807, 2.05) is 20.8 Å². The second-order valence-corrected chi connectivity index (χ2v) is 8.63. The minimum atomic E-state index is -1.07. The molecule has 1 saturated heterocycles. The molecule has 1 aliphatic rings. The molecule has 32 heavy (non-hydrogen) atoms. The van der Waals surface area contributed by atoms with Gasteiger partial charge in [-0.05, 0) is 74.4 Å². The molecule has 2 aromatic carbocycles. The Balaban J connectivity index is 1.90. The Bertz CT molecular complexity index is 1120. The lowest BCUT2D eigenvalue weighted by molar-refractivity contribution is -0.144. The number of nitrogens with zero attached hydrogens (tertiary/aromatic N) is 2. The SMILES string of the molecule is COc1cc(/C=C2\SC(=Nc3c(C)cc(C)cc3C)N(C)C2=O)ccc1O[C@@H](C)C(=O)O. The average molecular weight is 455 g/mol. The number of carbonyl (C=O) groups excluding carboxylic acids is 1. The van der Waals surface area contributed by atoms with E-state index in [-0.39, 0.29) is 5.91 Å². The summed E-state index contributed by atoms with van der Waals surface area (Å²) in [5.41, 5.74) is 4.89. The van der Waals surface area contributed by atoms with Crippen LogP contribution in [0.2, 0.25) is 0 Å². The molecule has 1 atom stereocenters. The van der Waals surface area contributed by atoms with E-state index in [0.717, 1.165) is 22.4 Å². The van der Waals surface area contributed by atoms with E-state index in [2.05, 4.69) is 12.1 Å². The highest BCUT2D eigenvalue weighted by molar-refractivity contribution is 8.18. The summed E-state index contributed by atoms with van der Waals surface area (Å²) in [5, 5.41) is 9.66. The van der Waals surface area contributed by atoms with Gasteiger partial charge >= 0.3 is 5.97 Å². The summed E-state index contributed by atoms with van der Waals surface area (Å²) < 4.78 is 10.8. The van der Waals surface area contributed by atoms with Crippen LogP contribution in [0.4, 0.5) is 5.69 Å². The van der Waals surface area contributed by atoms with Crippen LogP contribution in [0.1, 0.15) is 29.2 Å². The third-order valence-electron chi connectivity index (χ3n) is 4.98. The summed E-state index contributed by atoms with van der Waals surface area (Å²) in [7, 11) is 3.18. The number of rotatable bonds is 6. The zero-order valence-electron chi connectivity index (χ0n) is 18.9. The van der Waals surface area contributed by atoms with Crippen molar-refractivity contribution in [3.05, 3.63) is 57.5 Å². The first kappa shape index (κ1) is 23.4. The van der Waals surface area contributed by atoms with Gasteiger partial charge in [0.05, 0.1) is 17.7 Å². The number of benzene rings is 2. The number of carboxylic acid groups (broad SMARTS) is 1. The summed E-state index contributed by atoms with van der Waals surface area (Å²) in [6, 6.07) is 9.23. The van der Waals surface area contributed by atoms with Crippen molar-refractivity contribution in [3.63, 3.8) is 0 Å². The van der Waals surface area contributed by atoms with Gasteiger partial charge in [-0.15, -0.1) is 0 Å². The molecule has 0 aromatic heterocycles. The maximum absolute atomic E-state index is 12.8. The molecule has 1 amide bonds. The summed E-state index contributed by atoms with van der Waals surface area (Å²) in [5.74, 6) is -0.509. The number of hydrogen-bond acceptors (Lipinski definition) is 6. The van der Waals surface area contributed by atoms with Crippen LogP contribution in [-0.4, -0.2) is 47.3 Å². The van der Waals surface area contributed by atoms with Crippen LogP contribution >= 0.6 is 11.8 Å². The minimum absolute atomic E-state index is 0.144. The first-order valence-electron chi connectivity index (χ1n) is 10.0. The topological polar surface area (TPSA) is 88.4 Å². The number of ether oxygens (including phenoxy) is 2. The number of aryl methyl sites for hydroxylation is 3. The van der Waals surface area contributed by atoms with Gasteiger partial charge in [0.15, 0.2) is 22.8 Å². The quantitative estimate of drug-likeness (QED) is 0.636. The third-order valence-corrected chi connectivity index (χ3v) is 6.04. The molecule has 0 saturated carbocycles. The number of amides is 1. The number of aliphatic carboxylic acids is 1. The summed E-state index contributed by atoms with van der Waals surface area (Å²) in [6.07, 6.45) is 0.745. The van der Waals surface area contributed by atoms with Gasteiger partial charge in [0.25, 0.3) is 5.91 Å². The second kappa shape index (κ2) is 9.48. The molecule has 0 aliphatic carbocycles. The van der Waals surface area contributed by atoms with E-state index in [0.29, 0.717) is 21.6 Å². The molecule has 0 spiro atoms. The summed E-state index contributed by atoms with van der Waals surface area (Å²) >= 11 is 1.31. The normalized spacial score (nSPS) is 17.2. The Kier molecular flexibility index (Phi) is 6.93. The Labute approximate surface area is 191 Å². The van der Waals surface area contributed by atoms with Crippen molar-refractivity contribution < 1.29 is 24.2 Å². The van der Waals surface area contributed by atoms with Gasteiger partial charge in [0.1, 0.15) is 0 Å². The van der Waals surface area contributed by atoms with Crippen molar-refractivity contribution in [2.75, 3.05) is 14.2 Å². The molecule has 2 aromatic rings. The van der Waals surface area contributed by atoms with Crippen LogP contribution in [0, 0.1) is 20.8 Å². The number of hydrogen-bond donors (Lipinski definition) is 1. The molecular weight excluding hydrogens is 428 g/mol. The molecular formula is C24H26N2O5S. The summed E-state index contributed by atoms with van der Waals surface area (Å²) in [6.45, 7) is 7.52. The van der Waals surface area contributed by atoms with Gasteiger partial charge in [-0.1, -0.05) is 23.8 Å². The molecule has 1 heterocycles. The predicted octanol–water partition coefficient (Wildman–Crippen LogP) is 4.71. The number of amidine groups is 1. The van der Waals surface area contributed by atoms with Gasteiger partial charge in [-0.3, -0.25) is 9.69 Å². The van der Waals surface area contributed by atoms with Crippen molar-refractivity contribution >= 4 is 40.6 Å². The molecule has 1 N–H and O–H groups in total. The fourth-order valence-electron chi connectivity index (χ4n) is 3.36. The molecule has 1 aliphatic heterocycles. The van der Waals surface area contributed by atoms with E-state index in [1.165, 1.54) is 31.4 Å². The standard InChI is InChI=1S/C24H26N2O5S/c1-13-9-14(2)21(15(3)10-13)25-24-26(5)22(27)20(32-24)12-17-7-8-18(19(11-17)30-6)31-16(4)23(28)29/h7-12,16H,1-6H3,(H,28,29)/b20-12-,25-24?/t16-/m0/s1. The van der Waals surface area contributed by atoms with Crippen LogP contribution in [0.3, 0.4) is 0 Å². The number of methoxy groups -OCH3 is 1. The molecule has 7 nitrogen and oxygen atoms in total. The van der Waals surface area contributed by atoms with Gasteiger partial charge in [-0.2, -0.15) is 0 Å². The third kappa shape index (κ3) is 4.96. The fraction of sp³-hybridized carbons (Fsp3) is 0.292. The maximum atomic E-state index is 12.8. The Hall–Kier alpha value is -3.26. The Morgan fingerprint density at radius 3 is 2.41 bits per heavy atom. The fourth-order valence-corrected chi connectivity index (χ4v) is 4.33. The number of aliphatic imine (C=N–C) groups is 1. The smallest absolute Gasteiger partial charge is 0.344 e. The summed E-state index contributed by atoms with van der Waals surface area (Å²) in [4.78, 5) is 30.7. The molecule has 0 bridgehead atoms. The predicted molar refractivity (Wildman–Crippen MR) is 127 cm³/mol. The van der Waals surface area contributed by atoms with E-state index in [1.54, 1.807) is 36.2 Å². The number of carbonyl (C=O) groups is 2. The molecule has 0 unspecified atom stereocenters. The number of likely N-dealkylation sites (N-methyl/N-ethyl adjacent to an activating group) is 1. The molecule has 168 valence electrons. The van der Waals surface area contributed by atoms with Gasteiger partial charge in [-0.25, -0.2) is 9.79 Å². The molecule has 3 rings (SSSR count). The zero-order chi connectivity index (χ0) is 23.6. The van der Waals surface area contributed by atoms with Crippen molar-refractivity contribution in [1.29, 1.82) is 0 Å². The van der Waals surface area contributed by atoms with Crippen LogP contribution in [0.5, 0.6) is 11.5 Å². The largest absolute Gasteiger partial charge is 0.493 e. The van der Waals surface area contributed by atoms with Crippen LogP contribution in [0.25, 0.3) is 6.08 Å². The highest BCUT2D eigenvalue weighted by Crippen LogP contribution is 2.36. The lowest BCUT2D eigenvalue weighted by Crippen LogP contribution is -2.23. The lowest BCUT2D eigenvalue weighted by atomic mass is 10.1. The van der Waals surface area contributed by atoms with E-state index in [4.69, 9.17) is 19.6 Å². The van der Waals surface area contributed by atoms with Crippen molar-refractivity contribution in [1.82, 2.24) is 4.90 Å². The van der Waals surface area contributed by atoms with Crippen molar-refractivity contribution in [3.8, 4) is 11.5 Å². The Morgan fingerprint density at radius 2 is 1.81 bits per heavy atom. The van der Waals surface area contributed by atoms with Crippen molar-refractivity contribution in [2.24, 2.45) is 4.99 Å². The molecule has 8 heteroatoms. The van der Waals surface area contributed by atoms with Gasteiger partial charge < -0.3 is 14.6 Å². The van der Waals surface area contributed by atoms with E-state index in [9.17, 15) is 9.59 Å². The monoisotopic (exact) mass is 454 g/mol. The first-order valence-corrected chi connectivity index (χ1v) is 10.8. The molecule has 1 fully saturated rings. The van der Waals surface area contributed by atoms with Crippen LogP contribution < -0.4 is 9.47 Å². The average Bonchev–Trinajstić information content (AvgIpc) is 2.99. The zero-order valence-corrected chi connectivity index (χ0v) is 19.7. The van der Waals surface area contributed by atoms with Gasteiger partial charge in [0, 0.05) is 7.05 Å².